The van der Waals surface area contributed by atoms with Crippen molar-refractivity contribution < 1.29 is 4.79 Å². The topological polar surface area (TPSA) is 17.1 Å². The van der Waals surface area contributed by atoms with Crippen LogP contribution in [0.1, 0.15) is 19.8 Å². The molecule has 0 radical (unpaired) electrons. The standard InChI is InChI=1S/C7H10Br2OS/c1-4(10)11-5-2-6(8)7(9)3-5/h5-7H,2-3H2,1H3/t6-,7-/m0/s1. The molecule has 0 saturated heterocycles. The zero-order valence-electron chi connectivity index (χ0n) is 6.22. The Morgan fingerprint density at radius 1 is 1.36 bits per heavy atom. The minimum atomic E-state index is 0.233. The van der Waals surface area contributed by atoms with Gasteiger partial charge >= 0.3 is 0 Å². The lowest BCUT2D eigenvalue weighted by Crippen LogP contribution is -2.02. The van der Waals surface area contributed by atoms with E-state index >= 15 is 0 Å². The molecule has 0 bridgehead atoms. The van der Waals surface area contributed by atoms with E-state index in [0.717, 1.165) is 12.8 Å². The molecule has 0 aromatic heterocycles. The molecule has 1 rings (SSSR count). The predicted molar refractivity (Wildman–Crippen MR) is 56.7 cm³/mol. The summed E-state index contributed by atoms with van der Waals surface area (Å²) in [5.41, 5.74) is 0. The second-order valence-electron chi connectivity index (χ2n) is 2.73. The van der Waals surface area contributed by atoms with Crippen molar-refractivity contribution >= 4 is 48.7 Å². The second-order valence-corrected chi connectivity index (χ2v) is 6.56. The zero-order valence-corrected chi connectivity index (χ0v) is 10.2. The number of hydrogen-bond donors (Lipinski definition) is 0. The lowest BCUT2D eigenvalue weighted by atomic mass is 10.4. The Labute approximate surface area is 87.9 Å². The van der Waals surface area contributed by atoms with Gasteiger partial charge in [-0.3, -0.25) is 4.79 Å². The van der Waals surface area contributed by atoms with Crippen LogP contribution in [-0.4, -0.2) is 20.0 Å². The molecular weight excluding hydrogens is 292 g/mol. The summed E-state index contributed by atoms with van der Waals surface area (Å²) >= 11 is 8.60. The molecular formula is C7H10Br2OS. The Morgan fingerprint density at radius 2 is 1.82 bits per heavy atom. The van der Waals surface area contributed by atoms with E-state index in [9.17, 15) is 4.79 Å². The summed E-state index contributed by atoms with van der Waals surface area (Å²) < 4.78 is 0. The molecule has 1 aliphatic rings. The molecule has 2 atom stereocenters. The van der Waals surface area contributed by atoms with E-state index in [1.807, 2.05) is 0 Å². The van der Waals surface area contributed by atoms with E-state index in [-0.39, 0.29) is 5.12 Å². The minimum Gasteiger partial charge on any atom is -0.288 e. The Morgan fingerprint density at radius 3 is 2.18 bits per heavy atom. The Bertz CT molecular complexity index is 153. The van der Waals surface area contributed by atoms with Gasteiger partial charge in [0.15, 0.2) is 5.12 Å². The first-order valence-corrected chi connectivity index (χ1v) is 6.26. The van der Waals surface area contributed by atoms with Crippen LogP contribution in [0.25, 0.3) is 0 Å². The van der Waals surface area contributed by atoms with Crippen molar-refractivity contribution in [3.63, 3.8) is 0 Å². The van der Waals surface area contributed by atoms with Crippen molar-refractivity contribution in [2.75, 3.05) is 0 Å². The van der Waals surface area contributed by atoms with Crippen LogP contribution >= 0.6 is 43.6 Å². The third-order valence-corrected chi connectivity index (χ3v) is 5.48. The lowest BCUT2D eigenvalue weighted by molar-refractivity contribution is -0.109. The van der Waals surface area contributed by atoms with Gasteiger partial charge in [0.25, 0.3) is 0 Å². The maximum Gasteiger partial charge on any atom is 0.186 e. The fraction of sp³-hybridized carbons (Fsp3) is 0.857. The van der Waals surface area contributed by atoms with E-state index in [2.05, 4.69) is 31.9 Å². The Kier molecular flexibility index (Phi) is 3.92. The summed E-state index contributed by atoms with van der Waals surface area (Å²) in [5, 5.41) is 0.748. The highest BCUT2D eigenvalue weighted by atomic mass is 79.9. The predicted octanol–water partition coefficient (Wildman–Crippen LogP) is 2.96. The molecule has 0 heterocycles. The molecule has 11 heavy (non-hydrogen) atoms. The maximum atomic E-state index is 10.7. The smallest absolute Gasteiger partial charge is 0.186 e. The van der Waals surface area contributed by atoms with Crippen molar-refractivity contribution in [1.29, 1.82) is 0 Å². The zero-order chi connectivity index (χ0) is 8.43. The largest absolute Gasteiger partial charge is 0.288 e. The molecule has 1 saturated carbocycles. The summed E-state index contributed by atoms with van der Waals surface area (Å²) in [6.45, 7) is 1.63. The molecule has 0 aromatic carbocycles. The molecule has 4 heteroatoms. The van der Waals surface area contributed by atoms with Gasteiger partial charge in [-0.2, -0.15) is 0 Å². The number of rotatable bonds is 1. The highest BCUT2D eigenvalue weighted by molar-refractivity contribution is 9.12. The summed E-state index contributed by atoms with van der Waals surface area (Å²) in [4.78, 5) is 11.8. The van der Waals surface area contributed by atoms with Crippen LogP contribution in [0.2, 0.25) is 0 Å². The van der Waals surface area contributed by atoms with Gasteiger partial charge in [-0.15, -0.1) is 0 Å². The van der Waals surface area contributed by atoms with Gasteiger partial charge in [-0.25, -0.2) is 0 Å². The SMILES string of the molecule is CC(=O)SC1C[C@H](Br)[C@@H](Br)C1. The molecule has 0 unspecified atom stereocenters. The van der Waals surface area contributed by atoms with E-state index in [0.29, 0.717) is 14.9 Å². The first-order valence-electron chi connectivity index (χ1n) is 3.55. The molecule has 0 N–H and O–H groups in total. The van der Waals surface area contributed by atoms with Crippen molar-refractivity contribution in [2.45, 2.75) is 34.7 Å². The molecule has 1 aliphatic carbocycles. The van der Waals surface area contributed by atoms with E-state index in [1.165, 1.54) is 11.8 Å². The first-order chi connectivity index (χ1) is 5.09. The number of carbonyl (C=O) groups excluding carboxylic acids is 1. The maximum absolute atomic E-state index is 10.7. The highest BCUT2D eigenvalue weighted by Crippen LogP contribution is 2.38. The molecule has 1 fully saturated rings. The normalized spacial score (nSPS) is 32.6. The van der Waals surface area contributed by atoms with Crippen LogP contribution in [0.3, 0.4) is 0 Å². The average molecular weight is 302 g/mol. The second kappa shape index (κ2) is 4.28. The number of alkyl halides is 2. The van der Waals surface area contributed by atoms with Crippen molar-refractivity contribution in [3.8, 4) is 0 Å². The van der Waals surface area contributed by atoms with Crippen molar-refractivity contribution in [1.82, 2.24) is 0 Å². The van der Waals surface area contributed by atoms with Crippen LogP contribution in [-0.2, 0) is 4.79 Å². The molecule has 0 aromatic rings. The first kappa shape index (κ1) is 10.1. The van der Waals surface area contributed by atoms with Crippen LogP contribution in [0.4, 0.5) is 0 Å². The van der Waals surface area contributed by atoms with Crippen LogP contribution in [0, 0.1) is 0 Å². The fourth-order valence-corrected chi connectivity index (χ4v) is 4.13. The Hall–Kier alpha value is 0.980. The summed E-state index contributed by atoms with van der Waals surface area (Å²) in [5.74, 6) is 0. The van der Waals surface area contributed by atoms with E-state index in [4.69, 9.17) is 0 Å². The van der Waals surface area contributed by atoms with Gasteiger partial charge in [-0.1, -0.05) is 43.6 Å². The minimum absolute atomic E-state index is 0.233. The van der Waals surface area contributed by atoms with Crippen LogP contribution < -0.4 is 0 Å². The number of thioether (sulfide) groups is 1. The summed E-state index contributed by atoms with van der Waals surface area (Å²) in [7, 11) is 0. The van der Waals surface area contributed by atoms with Gasteiger partial charge in [0, 0.05) is 21.8 Å². The monoisotopic (exact) mass is 300 g/mol. The van der Waals surface area contributed by atoms with E-state index < -0.39 is 0 Å². The van der Waals surface area contributed by atoms with Crippen molar-refractivity contribution in [3.05, 3.63) is 0 Å². The van der Waals surface area contributed by atoms with Gasteiger partial charge in [0.2, 0.25) is 0 Å². The Balaban J connectivity index is 2.35. The van der Waals surface area contributed by atoms with Crippen LogP contribution in [0.15, 0.2) is 0 Å². The molecule has 0 aliphatic heterocycles. The average Bonchev–Trinajstić information content (AvgIpc) is 2.10. The third kappa shape index (κ3) is 3.07. The third-order valence-electron chi connectivity index (χ3n) is 1.70. The van der Waals surface area contributed by atoms with Crippen LogP contribution in [0.5, 0.6) is 0 Å². The quantitative estimate of drug-likeness (QED) is 0.693. The van der Waals surface area contributed by atoms with Crippen molar-refractivity contribution in [2.24, 2.45) is 0 Å². The summed E-state index contributed by atoms with van der Waals surface area (Å²) in [6.07, 6.45) is 2.19. The summed E-state index contributed by atoms with van der Waals surface area (Å²) in [6, 6.07) is 0. The van der Waals surface area contributed by atoms with Gasteiger partial charge in [0.05, 0.1) is 0 Å². The lowest BCUT2D eigenvalue weighted by Gasteiger charge is -2.03. The van der Waals surface area contributed by atoms with Gasteiger partial charge < -0.3 is 0 Å². The molecule has 64 valence electrons. The van der Waals surface area contributed by atoms with E-state index in [1.54, 1.807) is 6.92 Å². The highest BCUT2D eigenvalue weighted by Gasteiger charge is 2.31. The fourth-order valence-electron chi connectivity index (χ4n) is 1.22. The number of carbonyl (C=O) groups is 1. The molecule has 0 amide bonds. The number of hydrogen-bond acceptors (Lipinski definition) is 2. The van der Waals surface area contributed by atoms with Gasteiger partial charge in [-0.05, 0) is 12.8 Å². The molecule has 1 nitrogen and oxygen atoms in total. The molecule has 0 spiro atoms. The van der Waals surface area contributed by atoms with Gasteiger partial charge in [0.1, 0.15) is 0 Å². The number of halogens is 2.